The molecule has 0 amide bonds. The fraction of sp³-hybridized carbons (Fsp3) is 0.333. The fourth-order valence-electron chi connectivity index (χ4n) is 2.98. The molecule has 0 aromatic heterocycles. The third-order valence-corrected chi connectivity index (χ3v) is 5.76. The molecule has 0 N–H and O–H groups in total. The van der Waals surface area contributed by atoms with Crippen molar-refractivity contribution in [2.45, 2.75) is 11.0 Å². The monoisotopic (exact) mass is 305 g/mol. The lowest BCUT2D eigenvalue weighted by Gasteiger charge is -2.28. The number of rotatable bonds is 2. The summed E-state index contributed by atoms with van der Waals surface area (Å²) >= 11 is 0. The van der Waals surface area contributed by atoms with Crippen molar-refractivity contribution < 1.29 is 17.9 Å². The minimum atomic E-state index is -3.50. The first-order valence-corrected chi connectivity index (χ1v) is 8.36. The van der Waals surface area contributed by atoms with Crippen molar-refractivity contribution in [3.63, 3.8) is 0 Å². The van der Waals surface area contributed by atoms with Crippen LogP contribution in [0, 0.1) is 0 Å². The Morgan fingerprint density at radius 3 is 2.71 bits per heavy atom. The first-order chi connectivity index (χ1) is 10.2. The molecule has 0 aliphatic carbocycles. The van der Waals surface area contributed by atoms with Crippen molar-refractivity contribution in [2.24, 2.45) is 0 Å². The molecule has 2 heterocycles. The van der Waals surface area contributed by atoms with E-state index in [1.165, 1.54) is 4.31 Å². The van der Waals surface area contributed by atoms with Gasteiger partial charge in [-0.05, 0) is 17.5 Å². The first kappa shape index (κ1) is 13.1. The third kappa shape index (κ3) is 1.94. The number of sulfonamides is 1. The molecule has 21 heavy (non-hydrogen) atoms. The molecule has 5 nitrogen and oxygen atoms in total. The molecule has 110 valence electrons. The van der Waals surface area contributed by atoms with E-state index < -0.39 is 10.0 Å². The fourth-order valence-corrected chi connectivity index (χ4v) is 4.72. The molecular weight excluding hydrogens is 290 g/mol. The molecule has 0 bridgehead atoms. The van der Waals surface area contributed by atoms with Crippen LogP contribution in [0.5, 0.6) is 0 Å². The van der Waals surface area contributed by atoms with Crippen LogP contribution in [-0.2, 0) is 19.5 Å². The molecule has 1 fully saturated rings. The summed E-state index contributed by atoms with van der Waals surface area (Å²) in [6.45, 7) is 1.79. The van der Waals surface area contributed by atoms with Gasteiger partial charge >= 0.3 is 0 Å². The topological polar surface area (TPSA) is 55.8 Å². The van der Waals surface area contributed by atoms with Crippen molar-refractivity contribution in [2.75, 3.05) is 30.7 Å². The average molecular weight is 305 g/mol. The molecule has 1 saturated heterocycles. The molecule has 1 atom stereocenters. The third-order valence-electron chi connectivity index (χ3n) is 3.94. The summed E-state index contributed by atoms with van der Waals surface area (Å²) in [5.74, 6) is 0. The summed E-state index contributed by atoms with van der Waals surface area (Å²) in [5, 5.41) is 1.74. The minimum absolute atomic E-state index is 0.224. The van der Waals surface area contributed by atoms with E-state index in [1.807, 2.05) is 24.3 Å². The van der Waals surface area contributed by atoms with E-state index in [-0.39, 0.29) is 12.6 Å². The van der Waals surface area contributed by atoms with Gasteiger partial charge in [-0.25, -0.2) is 8.42 Å². The highest BCUT2D eigenvalue weighted by Gasteiger charge is 2.37. The van der Waals surface area contributed by atoms with E-state index in [9.17, 15) is 8.42 Å². The first-order valence-electron chi connectivity index (χ1n) is 6.92. The van der Waals surface area contributed by atoms with Gasteiger partial charge in [0.2, 0.25) is 0 Å². The lowest BCUT2D eigenvalue weighted by atomic mass is 10.1. The number of ether oxygens (including phenoxy) is 2. The maximum Gasteiger partial charge on any atom is 0.265 e. The molecule has 1 unspecified atom stereocenters. The zero-order chi connectivity index (χ0) is 14.4. The highest BCUT2D eigenvalue weighted by atomic mass is 32.2. The molecule has 6 heteroatoms. The molecule has 0 radical (unpaired) electrons. The molecular formula is C15H15NO4S. The number of nitrogens with zero attached hydrogens (tertiary/aromatic N) is 1. The standard InChI is InChI=1S/C15H15NO4S/c17-21(18)14-6-2-4-11-3-1-5-13(15(11)14)16(21)9-12-10-19-7-8-20-12/h1-6,12H,7-10H2. The van der Waals surface area contributed by atoms with Gasteiger partial charge in [0, 0.05) is 5.39 Å². The van der Waals surface area contributed by atoms with Gasteiger partial charge in [-0.2, -0.15) is 0 Å². The van der Waals surface area contributed by atoms with Crippen LogP contribution in [0.3, 0.4) is 0 Å². The number of hydrogen-bond donors (Lipinski definition) is 0. The second-order valence-electron chi connectivity index (χ2n) is 5.24. The molecule has 2 aliphatic heterocycles. The highest BCUT2D eigenvalue weighted by molar-refractivity contribution is 7.93. The molecule has 0 spiro atoms. The van der Waals surface area contributed by atoms with Crippen LogP contribution in [0.1, 0.15) is 0 Å². The number of anilines is 1. The Morgan fingerprint density at radius 1 is 1.14 bits per heavy atom. The van der Waals surface area contributed by atoms with Crippen LogP contribution in [0.15, 0.2) is 41.3 Å². The largest absolute Gasteiger partial charge is 0.376 e. The Hall–Kier alpha value is -1.63. The van der Waals surface area contributed by atoms with Gasteiger partial charge in [0.05, 0.1) is 43.1 Å². The van der Waals surface area contributed by atoms with Gasteiger partial charge in [-0.3, -0.25) is 4.31 Å². The van der Waals surface area contributed by atoms with Crippen LogP contribution >= 0.6 is 0 Å². The van der Waals surface area contributed by atoms with Crippen LogP contribution in [0.4, 0.5) is 5.69 Å². The summed E-state index contributed by atoms with van der Waals surface area (Å²) in [6.07, 6.45) is -0.224. The van der Waals surface area contributed by atoms with E-state index in [0.717, 1.165) is 16.5 Å². The summed E-state index contributed by atoms with van der Waals surface area (Å²) < 4.78 is 37.9. The molecule has 2 aliphatic rings. The normalized spacial score (nSPS) is 23.6. The van der Waals surface area contributed by atoms with Crippen molar-refractivity contribution in [1.29, 1.82) is 0 Å². The van der Waals surface area contributed by atoms with Crippen molar-refractivity contribution in [1.82, 2.24) is 0 Å². The predicted molar refractivity (Wildman–Crippen MR) is 79.0 cm³/mol. The van der Waals surface area contributed by atoms with Gasteiger partial charge in [0.25, 0.3) is 10.0 Å². The van der Waals surface area contributed by atoms with Crippen molar-refractivity contribution in [3.05, 3.63) is 36.4 Å². The summed E-state index contributed by atoms with van der Waals surface area (Å²) in [7, 11) is -3.50. The van der Waals surface area contributed by atoms with E-state index >= 15 is 0 Å². The second-order valence-corrected chi connectivity index (χ2v) is 7.07. The Kier molecular flexibility index (Phi) is 2.92. The van der Waals surface area contributed by atoms with E-state index in [4.69, 9.17) is 9.47 Å². The van der Waals surface area contributed by atoms with Gasteiger partial charge in [-0.1, -0.05) is 24.3 Å². The predicted octanol–water partition coefficient (Wildman–Crippen LogP) is 1.76. The van der Waals surface area contributed by atoms with E-state index in [2.05, 4.69) is 0 Å². The number of hydrogen-bond acceptors (Lipinski definition) is 4. The van der Waals surface area contributed by atoms with Crippen LogP contribution in [0.2, 0.25) is 0 Å². The zero-order valence-corrected chi connectivity index (χ0v) is 12.2. The van der Waals surface area contributed by atoms with Gasteiger partial charge in [-0.15, -0.1) is 0 Å². The van der Waals surface area contributed by atoms with Gasteiger partial charge in [0.15, 0.2) is 0 Å². The maximum absolute atomic E-state index is 12.8. The molecule has 2 aromatic carbocycles. The number of benzene rings is 2. The Bertz CT molecular complexity index is 791. The Morgan fingerprint density at radius 2 is 1.95 bits per heavy atom. The van der Waals surface area contributed by atoms with E-state index in [1.54, 1.807) is 12.1 Å². The lowest BCUT2D eigenvalue weighted by molar-refractivity contribution is -0.0829. The quantitative estimate of drug-likeness (QED) is 0.848. The zero-order valence-electron chi connectivity index (χ0n) is 11.4. The Labute approximate surface area is 123 Å². The van der Waals surface area contributed by atoms with Gasteiger partial charge < -0.3 is 9.47 Å². The van der Waals surface area contributed by atoms with Gasteiger partial charge in [0.1, 0.15) is 0 Å². The minimum Gasteiger partial charge on any atom is -0.376 e. The molecule has 4 rings (SSSR count). The smallest absolute Gasteiger partial charge is 0.265 e. The maximum atomic E-state index is 12.8. The van der Waals surface area contributed by atoms with Crippen LogP contribution < -0.4 is 4.31 Å². The SMILES string of the molecule is O=S1(=O)c2cccc3cccc(c23)N1CC1COCCO1. The average Bonchev–Trinajstić information content (AvgIpc) is 2.72. The molecule has 0 saturated carbocycles. The highest BCUT2D eigenvalue weighted by Crippen LogP contribution is 2.42. The van der Waals surface area contributed by atoms with E-state index in [0.29, 0.717) is 24.7 Å². The van der Waals surface area contributed by atoms with Crippen molar-refractivity contribution >= 4 is 26.5 Å². The molecule has 2 aromatic rings. The summed E-state index contributed by atoms with van der Waals surface area (Å²) in [6, 6.07) is 11.0. The lowest BCUT2D eigenvalue weighted by Crippen LogP contribution is -2.41. The van der Waals surface area contributed by atoms with Crippen LogP contribution in [-0.4, -0.2) is 40.9 Å². The Balaban J connectivity index is 1.81. The summed E-state index contributed by atoms with van der Waals surface area (Å²) in [4.78, 5) is 0.382. The second kappa shape index (κ2) is 4.69. The summed E-state index contributed by atoms with van der Waals surface area (Å²) in [5.41, 5.74) is 0.734. The van der Waals surface area contributed by atoms with Crippen molar-refractivity contribution in [3.8, 4) is 0 Å². The van der Waals surface area contributed by atoms with Crippen LogP contribution in [0.25, 0.3) is 10.8 Å².